The molecule has 5 nitrogen and oxygen atoms in total. The molecule has 1 N–H and O–H groups in total. The maximum atomic E-state index is 12.9. The number of rotatable bonds is 9. The third-order valence-corrected chi connectivity index (χ3v) is 4.86. The molecule has 0 aliphatic carbocycles. The minimum atomic E-state index is -0.628. The Morgan fingerprint density at radius 2 is 1.71 bits per heavy atom. The van der Waals surface area contributed by atoms with Crippen molar-refractivity contribution < 1.29 is 14.3 Å². The summed E-state index contributed by atoms with van der Waals surface area (Å²) < 4.78 is 5.59. The molecule has 0 radical (unpaired) electrons. The number of nitrogens with zero attached hydrogens (tertiary/aromatic N) is 1. The minimum absolute atomic E-state index is 0.0444. The highest BCUT2D eigenvalue weighted by atomic mass is 35.5. The number of benzene rings is 2. The van der Waals surface area contributed by atoms with Crippen molar-refractivity contribution in [3.63, 3.8) is 0 Å². The number of para-hydroxylation sites is 1. The molecule has 2 aromatic rings. The largest absolute Gasteiger partial charge is 0.482 e. The van der Waals surface area contributed by atoms with Gasteiger partial charge in [-0.05, 0) is 38.0 Å². The summed E-state index contributed by atoms with van der Waals surface area (Å²) in [6.07, 6.45) is 0.820. The molecular formula is C22H27ClN2O3. The van der Waals surface area contributed by atoms with Gasteiger partial charge in [0.25, 0.3) is 5.91 Å². The number of ether oxygens (including phenoxy) is 1. The molecule has 0 aliphatic heterocycles. The van der Waals surface area contributed by atoms with E-state index in [0.717, 1.165) is 12.0 Å². The number of carbonyl (C=O) groups excluding carboxylic acids is 2. The van der Waals surface area contributed by atoms with E-state index >= 15 is 0 Å². The quantitative estimate of drug-likeness (QED) is 0.688. The molecule has 2 amide bonds. The van der Waals surface area contributed by atoms with Crippen molar-refractivity contribution in [3.8, 4) is 5.75 Å². The van der Waals surface area contributed by atoms with Gasteiger partial charge in [0.05, 0.1) is 5.02 Å². The van der Waals surface area contributed by atoms with Crippen LogP contribution in [0.15, 0.2) is 54.6 Å². The lowest BCUT2D eigenvalue weighted by molar-refractivity contribution is -0.142. The van der Waals surface area contributed by atoms with Gasteiger partial charge in [0, 0.05) is 12.6 Å². The van der Waals surface area contributed by atoms with Crippen LogP contribution in [0, 0.1) is 0 Å². The second kappa shape index (κ2) is 10.7. The number of hydrogen-bond donors (Lipinski definition) is 1. The summed E-state index contributed by atoms with van der Waals surface area (Å²) in [6, 6.07) is 16.0. The van der Waals surface area contributed by atoms with Gasteiger partial charge in [-0.15, -0.1) is 0 Å². The molecule has 2 aromatic carbocycles. The van der Waals surface area contributed by atoms with Crippen LogP contribution in [-0.4, -0.2) is 35.4 Å². The molecule has 0 aromatic heterocycles. The number of halogens is 1. The first kappa shape index (κ1) is 21.8. The highest BCUT2D eigenvalue weighted by Crippen LogP contribution is 2.23. The normalized spacial score (nSPS) is 12.7. The monoisotopic (exact) mass is 402 g/mol. The summed E-state index contributed by atoms with van der Waals surface area (Å²) in [4.78, 5) is 27.1. The van der Waals surface area contributed by atoms with Gasteiger partial charge in [0.15, 0.2) is 6.61 Å². The first-order valence-corrected chi connectivity index (χ1v) is 9.81. The van der Waals surface area contributed by atoms with E-state index in [4.69, 9.17) is 16.3 Å². The molecule has 2 rings (SSSR count). The topological polar surface area (TPSA) is 58.6 Å². The molecule has 0 unspecified atom stereocenters. The lowest BCUT2D eigenvalue weighted by Gasteiger charge is -2.29. The third-order valence-electron chi connectivity index (χ3n) is 4.55. The smallest absolute Gasteiger partial charge is 0.261 e. The van der Waals surface area contributed by atoms with Crippen LogP contribution < -0.4 is 10.1 Å². The Hall–Kier alpha value is -2.53. The zero-order valence-corrected chi connectivity index (χ0v) is 17.3. The molecule has 0 fully saturated rings. The van der Waals surface area contributed by atoms with E-state index in [2.05, 4.69) is 5.32 Å². The average molecular weight is 403 g/mol. The number of amides is 2. The van der Waals surface area contributed by atoms with E-state index in [1.54, 1.807) is 31.2 Å². The summed E-state index contributed by atoms with van der Waals surface area (Å²) in [5.41, 5.74) is 0.941. The van der Waals surface area contributed by atoms with Crippen LogP contribution in [0.4, 0.5) is 0 Å². The van der Waals surface area contributed by atoms with Gasteiger partial charge in [-0.2, -0.15) is 0 Å². The maximum absolute atomic E-state index is 12.9. The Labute approximate surface area is 171 Å². The molecule has 28 heavy (non-hydrogen) atoms. The standard InChI is InChI=1S/C22H27ClN2O3/c1-4-16(2)24-22(27)17(3)25(14-18-10-6-5-7-11-18)21(26)15-28-20-13-9-8-12-19(20)23/h5-13,16-17H,4,14-15H2,1-3H3,(H,24,27)/t16-,17-/m0/s1. The number of hydrogen-bond acceptors (Lipinski definition) is 3. The van der Waals surface area contributed by atoms with Gasteiger partial charge in [0.2, 0.25) is 5.91 Å². The van der Waals surface area contributed by atoms with Crippen LogP contribution in [0.5, 0.6) is 5.75 Å². The highest BCUT2D eigenvalue weighted by Gasteiger charge is 2.27. The Balaban J connectivity index is 2.13. The fourth-order valence-electron chi connectivity index (χ4n) is 2.61. The second-order valence-electron chi connectivity index (χ2n) is 6.72. The first-order valence-electron chi connectivity index (χ1n) is 9.43. The molecule has 6 heteroatoms. The molecule has 0 bridgehead atoms. The van der Waals surface area contributed by atoms with Crippen LogP contribution >= 0.6 is 11.6 Å². The van der Waals surface area contributed by atoms with Crippen molar-refractivity contribution in [3.05, 3.63) is 65.2 Å². The predicted octanol–water partition coefficient (Wildman–Crippen LogP) is 4.05. The average Bonchev–Trinajstić information content (AvgIpc) is 2.71. The van der Waals surface area contributed by atoms with E-state index in [1.807, 2.05) is 44.2 Å². The number of carbonyl (C=O) groups is 2. The van der Waals surface area contributed by atoms with Crippen molar-refractivity contribution in [1.29, 1.82) is 0 Å². The molecule has 0 aliphatic rings. The second-order valence-corrected chi connectivity index (χ2v) is 7.13. The van der Waals surface area contributed by atoms with Gasteiger partial charge in [-0.25, -0.2) is 0 Å². The zero-order valence-electron chi connectivity index (χ0n) is 16.5. The molecule has 150 valence electrons. The van der Waals surface area contributed by atoms with Crippen molar-refractivity contribution in [2.24, 2.45) is 0 Å². The Kier molecular flexibility index (Phi) is 8.33. The van der Waals surface area contributed by atoms with Crippen LogP contribution in [0.3, 0.4) is 0 Å². The molecule has 0 saturated heterocycles. The van der Waals surface area contributed by atoms with Crippen molar-refractivity contribution >= 4 is 23.4 Å². The van der Waals surface area contributed by atoms with Crippen LogP contribution in [0.1, 0.15) is 32.8 Å². The van der Waals surface area contributed by atoms with Gasteiger partial charge in [-0.1, -0.05) is 61.0 Å². The SMILES string of the molecule is CC[C@H](C)NC(=O)[C@H](C)N(Cc1ccccc1)C(=O)COc1ccccc1Cl. The predicted molar refractivity (Wildman–Crippen MR) is 111 cm³/mol. The van der Waals surface area contributed by atoms with Gasteiger partial charge in [0.1, 0.15) is 11.8 Å². The first-order chi connectivity index (χ1) is 13.4. The fraction of sp³-hybridized carbons (Fsp3) is 0.364. The molecule has 2 atom stereocenters. The minimum Gasteiger partial charge on any atom is -0.482 e. The Morgan fingerprint density at radius 3 is 2.36 bits per heavy atom. The summed E-state index contributed by atoms with van der Waals surface area (Å²) >= 11 is 6.09. The molecule has 0 saturated carbocycles. The van der Waals surface area contributed by atoms with Crippen LogP contribution in [0.25, 0.3) is 0 Å². The van der Waals surface area contributed by atoms with E-state index < -0.39 is 6.04 Å². The maximum Gasteiger partial charge on any atom is 0.261 e. The fourth-order valence-corrected chi connectivity index (χ4v) is 2.80. The van der Waals surface area contributed by atoms with Gasteiger partial charge < -0.3 is 15.0 Å². The van der Waals surface area contributed by atoms with Gasteiger partial charge in [-0.3, -0.25) is 9.59 Å². The molecule has 0 heterocycles. The summed E-state index contributed by atoms with van der Waals surface area (Å²) in [6.45, 7) is 5.79. The van der Waals surface area contributed by atoms with Crippen molar-refractivity contribution in [1.82, 2.24) is 10.2 Å². The molecular weight excluding hydrogens is 376 g/mol. The van der Waals surface area contributed by atoms with E-state index in [-0.39, 0.29) is 24.5 Å². The van der Waals surface area contributed by atoms with E-state index in [9.17, 15) is 9.59 Å². The van der Waals surface area contributed by atoms with E-state index in [0.29, 0.717) is 17.3 Å². The summed E-state index contributed by atoms with van der Waals surface area (Å²) in [5, 5.41) is 3.38. The third kappa shape index (κ3) is 6.27. The highest BCUT2D eigenvalue weighted by molar-refractivity contribution is 6.32. The van der Waals surface area contributed by atoms with Crippen molar-refractivity contribution in [2.75, 3.05) is 6.61 Å². The lowest BCUT2D eigenvalue weighted by atomic mass is 10.1. The molecule has 0 spiro atoms. The lowest BCUT2D eigenvalue weighted by Crippen LogP contribution is -2.50. The summed E-state index contributed by atoms with van der Waals surface area (Å²) in [7, 11) is 0. The zero-order chi connectivity index (χ0) is 20.5. The van der Waals surface area contributed by atoms with Crippen LogP contribution in [-0.2, 0) is 16.1 Å². The van der Waals surface area contributed by atoms with Gasteiger partial charge >= 0.3 is 0 Å². The Bertz CT molecular complexity index is 782. The van der Waals surface area contributed by atoms with Crippen LogP contribution in [0.2, 0.25) is 5.02 Å². The van der Waals surface area contributed by atoms with Crippen molar-refractivity contribution in [2.45, 2.75) is 45.8 Å². The summed E-state index contributed by atoms with van der Waals surface area (Å²) in [5.74, 6) is -0.0270. The Morgan fingerprint density at radius 1 is 1.07 bits per heavy atom. The van der Waals surface area contributed by atoms with E-state index in [1.165, 1.54) is 4.90 Å². The number of nitrogens with one attached hydrogen (secondary N) is 1.